The van der Waals surface area contributed by atoms with Crippen molar-refractivity contribution in [3.05, 3.63) is 48.4 Å². The molecule has 2 rings (SSSR count). The van der Waals surface area contributed by atoms with Gasteiger partial charge in [-0.25, -0.2) is 0 Å². The Kier molecular flexibility index (Phi) is 4.84. The Hall–Kier alpha value is -2.21. The first-order valence-corrected chi connectivity index (χ1v) is 7.17. The van der Waals surface area contributed by atoms with Crippen molar-refractivity contribution in [3.63, 3.8) is 0 Å². The molecule has 0 radical (unpaired) electrons. The number of anilines is 1. The summed E-state index contributed by atoms with van der Waals surface area (Å²) in [6.45, 7) is 0.185. The smallest absolute Gasteiger partial charge is 0.313 e. The number of amides is 2. The van der Waals surface area contributed by atoms with Gasteiger partial charge in [0.1, 0.15) is 5.76 Å². The molecular formula is C14H14N2O3S. The molecule has 0 atom stereocenters. The van der Waals surface area contributed by atoms with Crippen molar-refractivity contribution in [2.24, 2.45) is 0 Å². The molecule has 0 aliphatic carbocycles. The summed E-state index contributed by atoms with van der Waals surface area (Å²) < 4.78 is 5.06. The molecule has 0 saturated carbocycles. The van der Waals surface area contributed by atoms with Crippen LogP contribution in [0.3, 0.4) is 0 Å². The molecule has 2 N–H and O–H groups in total. The Morgan fingerprint density at radius 1 is 1.20 bits per heavy atom. The lowest BCUT2D eigenvalue weighted by atomic mass is 10.3. The van der Waals surface area contributed by atoms with Crippen molar-refractivity contribution in [2.75, 3.05) is 11.6 Å². The first-order chi connectivity index (χ1) is 9.69. The molecule has 1 heterocycles. The number of carbonyl (C=O) groups is 2. The fourth-order valence-electron chi connectivity index (χ4n) is 1.55. The molecule has 0 spiro atoms. The second-order valence-corrected chi connectivity index (χ2v) is 4.83. The molecule has 1 aromatic carbocycles. The maximum atomic E-state index is 11.7. The summed E-state index contributed by atoms with van der Waals surface area (Å²) in [5.41, 5.74) is 0.593. The summed E-state index contributed by atoms with van der Waals surface area (Å²) in [5, 5.41) is 5.04. The van der Waals surface area contributed by atoms with Gasteiger partial charge in [-0.05, 0) is 36.6 Å². The van der Waals surface area contributed by atoms with Gasteiger partial charge in [0.2, 0.25) is 0 Å². The van der Waals surface area contributed by atoms with Crippen LogP contribution >= 0.6 is 11.8 Å². The van der Waals surface area contributed by atoms with Gasteiger partial charge in [0.05, 0.1) is 12.8 Å². The topological polar surface area (TPSA) is 71.3 Å². The van der Waals surface area contributed by atoms with Gasteiger partial charge in [0.25, 0.3) is 0 Å². The molecule has 5 nitrogen and oxygen atoms in total. The molecule has 1 aromatic heterocycles. The zero-order chi connectivity index (χ0) is 14.4. The standard InChI is InChI=1S/C14H14N2O3S/c1-20-12-6-2-4-10(8-12)16-14(18)13(17)15-9-11-5-3-7-19-11/h2-8H,9H2,1H3,(H,15,17)(H,16,18). The lowest BCUT2D eigenvalue weighted by Gasteiger charge is -2.06. The number of benzene rings is 1. The van der Waals surface area contributed by atoms with Crippen molar-refractivity contribution >= 4 is 29.3 Å². The Morgan fingerprint density at radius 2 is 2.05 bits per heavy atom. The summed E-state index contributed by atoms with van der Waals surface area (Å²) in [7, 11) is 0. The van der Waals surface area contributed by atoms with Gasteiger partial charge in [-0.15, -0.1) is 11.8 Å². The number of rotatable bonds is 4. The predicted octanol–water partition coefficient (Wildman–Crippen LogP) is 2.26. The molecule has 0 unspecified atom stereocenters. The van der Waals surface area contributed by atoms with Crippen LogP contribution in [0, 0.1) is 0 Å². The second-order valence-electron chi connectivity index (χ2n) is 3.95. The molecular weight excluding hydrogens is 276 g/mol. The van der Waals surface area contributed by atoms with E-state index in [-0.39, 0.29) is 6.54 Å². The van der Waals surface area contributed by atoms with Crippen LogP contribution in [0.1, 0.15) is 5.76 Å². The SMILES string of the molecule is CSc1cccc(NC(=O)C(=O)NCc2ccco2)c1. The van der Waals surface area contributed by atoms with E-state index in [4.69, 9.17) is 4.42 Å². The zero-order valence-electron chi connectivity index (χ0n) is 10.9. The average Bonchev–Trinajstić information content (AvgIpc) is 2.98. The van der Waals surface area contributed by atoms with E-state index in [1.165, 1.54) is 6.26 Å². The van der Waals surface area contributed by atoms with Gasteiger partial charge in [0, 0.05) is 10.6 Å². The predicted molar refractivity (Wildman–Crippen MR) is 77.4 cm³/mol. The minimum atomic E-state index is -0.699. The van der Waals surface area contributed by atoms with E-state index in [1.54, 1.807) is 30.0 Å². The summed E-state index contributed by atoms with van der Waals surface area (Å²) in [6.07, 6.45) is 3.45. The molecule has 2 aromatic rings. The molecule has 0 saturated heterocycles. The van der Waals surface area contributed by atoms with Gasteiger partial charge >= 0.3 is 11.8 Å². The number of hydrogen-bond donors (Lipinski definition) is 2. The molecule has 20 heavy (non-hydrogen) atoms. The van der Waals surface area contributed by atoms with E-state index in [0.29, 0.717) is 11.4 Å². The average molecular weight is 290 g/mol. The van der Waals surface area contributed by atoms with Crippen LogP contribution in [0.2, 0.25) is 0 Å². The third kappa shape index (κ3) is 3.89. The Bertz CT molecular complexity index is 596. The van der Waals surface area contributed by atoms with Crippen LogP contribution in [0.4, 0.5) is 5.69 Å². The normalized spacial score (nSPS) is 10.1. The monoisotopic (exact) mass is 290 g/mol. The first-order valence-electron chi connectivity index (χ1n) is 5.94. The van der Waals surface area contributed by atoms with Crippen LogP contribution < -0.4 is 10.6 Å². The van der Waals surface area contributed by atoms with Crippen molar-refractivity contribution in [3.8, 4) is 0 Å². The van der Waals surface area contributed by atoms with Crippen molar-refractivity contribution in [1.82, 2.24) is 5.32 Å². The first kappa shape index (κ1) is 14.2. The maximum absolute atomic E-state index is 11.7. The molecule has 0 bridgehead atoms. The third-order valence-electron chi connectivity index (χ3n) is 2.54. The van der Waals surface area contributed by atoms with Crippen LogP contribution in [0.5, 0.6) is 0 Å². The number of carbonyl (C=O) groups excluding carboxylic acids is 2. The van der Waals surface area contributed by atoms with Gasteiger partial charge in [0.15, 0.2) is 0 Å². The molecule has 0 aliphatic heterocycles. The minimum Gasteiger partial charge on any atom is -0.467 e. The second kappa shape index (κ2) is 6.81. The fourth-order valence-corrected chi connectivity index (χ4v) is 2.01. The van der Waals surface area contributed by atoms with Gasteiger partial charge in [-0.3, -0.25) is 9.59 Å². The highest BCUT2D eigenvalue weighted by Gasteiger charge is 2.13. The maximum Gasteiger partial charge on any atom is 0.313 e. The minimum absolute atomic E-state index is 0.185. The number of hydrogen-bond acceptors (Lipinski definition) is 4. The van der Waals surface area contributed by atoms with Crippen molar-refractivity contribution in [2.45, 2.75) is 11.4 Å². The fraction of sp³-hybridized carbons (Fsp3) is 0.143. The van der Waals surface area contributed by atoms with Gasteiger partial charge < -0.3 is 15.1 Å². The van der Waals surface area contributed by atoms with Gasteiger partial charge in [-0.2, -0.15) is 0 Å². The number of thioether (sulfide) groups is 1. The molecule has 2 amide bonds. The molecule has 0 fully saturated rings. The van der Waals surface area contributed by atoms with E-state index in [9.17, 15) is 9.59 Å². The Balaban J connectivity index is 1.88. The van der Waals surface area contributed by atoms with Gasteiger partial charge in [-0.1, -0.05) is 6.07 Å². The molecule has 6 heteroatoms. The Labute approximate surface area is 120 Å². The lowest BCUT2D eigenvalue weighted by molar-refractivity contribution is -0.136. The van der Waals surface area contributed by atoms with Crippen molar-refractivity contribution in [1.29, 1.82) is 0 Å². The largest absolute Gasteiger partial charge is 0.467 e. The Morgan fingerprint density at radius 3 is 2.75 bits per heavy atom. The third-order valence-corrected chi connectivity index (χ3v) is 3.26. The zero-order valence-corrected chi connectivity index (χ0v) is 11.7. The summed E-state index contributed by atoms with van der Waals surface area (Å²) in [4.78, 5) is 24.4. The highest BCUT2D eigenvalue weighted by atomic mass is 32.2. The lowest BCUT2D eigenvalue weighted by Crippen LogP contribution is -2.34. The van der Waals surface area contributed by atoms with Crippen molar-refractivity contribution < 1.29 is 14.0 Å². The highest BCUT2D eigenvalue weighted by Crippen LogP contribution is 2.18. The molecule has 0 aliphatic rings. The number of furan rings is 1. The summed E-state index contributed by atoms with van der Waals surface area (Å²) in [5.74, 6) is -0.804. The summed E-state index contributed by atoms with van der Waals surface area (Å²) in [6, 6.07) is 10.7. The van der Waals surface area contributed by atoms with Crippen LogP contribution in [-0.4, -0.2) is 18.1 Å². The van der Waals surface area contributed by atoms with E-state index < -0.39 is 11.8 Å². The quantitative estimate of drug-likeness (QED) is 0.669. The van der Waals surface area contributed by atoms with Crippen LogP contribution in [0.25, 0.3) is 0 Å². The summed E-state index contributed by atoms with van der Waals surface area (Å²) >= 11 is 1.56. The van der Waals surface area contributed by atoms with E-state index >= 15 is 0 Å². The number of nitrogens with one attached hydrogen (secondary N) is 2. The molecule has 104 valence electrons. The van der Waals surface area contributed by atoms with E-state index in [2.05, 4.69) is 10.6 Å². The van der Waals surface area contributed by atoms with Crippen LogP contribution in [-0.2, 0) is 16.1 Å². The van der Waals surface area contributed by atoms with Crippen LogP contribution in [0.15, 0.2) is 52.0 Å². The highest BCUT2D eigenvalue weighted by molar-refractivity contribution is 7.98. The van der Waals surface area contributed by atoms with E-state index in [1.807, 2.05) is 24.5 Å². The van der Waals surface area contributed by atoms with E-state index in [0.717, 1.165) is 4.90 Å².